The van der Waals surface area contributed by atoms with Crippen LogP contribution in [0.5, 0.6) is 0 Å². The van der Waals surface area contributed by atoms with E-state index < -0.39 is 15.5 Å². The smallest absolute Gasteiger partial charge is 0.262 e. The van der Waals surface area contributed by atoms with Gasteiger partial charge in [-0.2, -0.15) is 8.42 Å². The van der Waals surface area contributed by atoms with Crippen molar-refractivity contribution in [1.29, 1.82) is 0 Å². The molecule has 0 rings (SSSR count). The fraction of sp³-hybridized carbons (Fsp3) is 0. The summed E-state index contributed by atoms with van der Waals surface area (Å²) < 4.78 is 29.3. The lowest BCUT2D eigenvalue weighted by Crippen LogP contribution is -2.08. The molecule has 0 atom stereocenters. The van der Waals surface area contributed by atoms with Crippen molar-refractivity contribution in [3.63, 3.8) is 0 Å². The predicted molar refractivity (Wildman–Crippen MR) is 20.7 cm³/mol. The topological polar surface area (TPSA) is 116 Å². The maximum atomic E-state index is 9.44. The molecule has 0 radical (unpaired) electrons. The SMILES string of the molecule is O=[N+]([O-])OOS(=O)(=O)O. The molecule has 0 bridgehead atoms. The van der Waals surface area contributed by atoms with Crippen molar-refractivity contribution in [2.75, 3.05) is 0 Å². The number of rotatable bonds is 3. The quantitative estimate of drug-likeness (QED) is 0.241. The summed E-state index contributed by atoms with van der Waals surface area (Å²) in [5.74, 6) is 0. The van der Waals surface area contributed by atoms with E-state index in [4.69, 9.17) is 14.7 Å². The molecule has 0 heterocycles. The van der Waals surface area contributed by atoms with Crippen molar-refractivity contribution < 1.29 is 27.4 Å². The standard InChI is InChI=1S/HNO7S/c2-1(3)7-8-9(4,5)6/h(H,4,5,6). The molecule has 9 heteroatoms. The minimum atomic E-state index is -4.88. The van der Waals surface area contributed by atoms with Crippen LogP contribution in [0.1, 0.15) is 0 Å². The van der Waals surface area contributed by atoms with Gasteiger partial charge in [-0.05, 0) is 4.33 Å². The third-order valence-electron chi connectivity index (χ3n) is 0.177. The van der Waals surface area contributed by atoms with Crippen molar-refractivity contribution in [2.24, 2.45) is 0 Å². The van der Waals surface area contributed by atoms with Crippen LogP contribution in [0.3, 0.4) is 0 Å². The summed E-state index contributed by atoms with van der Waals surface area (Å²) in [5.41, 5.74) is 0. The van der Waals surface area contributed by atoms with E-state index >= 15 is 0 Å². The second-order valence-electron chi connectivity index (χ2n) is 0.794. The fourth-order valence-electron chi connectivity index (χ4n) is 0.0633. The summed E-state index contributed by atoms with van der Waals surface area (Å²) in [5, 5.41) is 7.59. The molecule has 54 valence electrons. The Morgan fingerprint density at radius 2 is 2.00 bits per heavy atom. The molecule has 0 aliphatic heterocycles. The molecular weight excluding hydrogens is 158 g/mol. The zero-order chi connectivity index (χ0) is 7.49. The van der Waals surface area contributed by atoms with Crippen molar-refractivity contribution in [2.45, 2.75) is 0 Å². The molecular formula is HNO7S. The largest absolute Gasteiger partial charge is 0.424 e. The summed E-state index contributed by atoms with van der Waals surface area (Å²) in [6.07, 6.45) is 0. The van der Waals surface area contributed by atoms with E-state index in [0.717, 1.165) is 0 Å². The zero-order valence-electron chi connectivity index (χ0n) is 3.75. The van der Waals surface area contributed by atoms with Gasteiger partial charge < -0.3 is 0 Å². The maximum absolute atomic E-state index is 9.44. The first-order valence-corrected chi connectivity index (χ1v) is 2.76. The highest BCUT2D eigenvalue weighted by Crippen LogP contribution is 1.86. The fourth-order valence-corrected chi connectivity index (χ4v) is 0.190. The molecule has 0 aliphatic rings. The van der Waals surface area contributed by atoms with E-state index in [-0.39, 0.29) is 0 Å². The molecule has 0 amide bonds. The molecule has 0 saturated heterocycles. The van der Waals surface area contributed by atoms with Crippen LogP contribution in [0.25, 0.3) is 0 Å². The average Bonchev–Trinajstić information content (AvgIpc) is 1.59. The van der Waals surface area contributed by atoms with E-state index in [0.29, 0.717) is 0 Å². The lowest BCUT2D eigenvalue weighted by molar-refractivity contribution is -0.833. The Morgan fingerprint density at radius 1 is 1.56 bits per heavy atom. The average molecular weight is 159 g/mol. The molecule has 1 N–H and O–H groups in total. The van der Waals surface area contributed by atoms with Gasteiger partial charge >= 0.3 is 15.5 Å². The Kier molecular flexibility index (Phi) is 2.30. The van der Waals surface area contributed by atoms with Gasteiger partial charge in [-0.25, -0.2) is 0 Å². The Balaban J connectivity index is 3.67. The number of hydrogen-bond donors (Lipinski definition) is 1. The summed E-state index contributed by atoms with van der Waals surface area (Å²) in [6, 6.07) is 0. The second kappa shape index (κ2) is 2.57. The van der Waals surface area contributed by atoms with Gasteiger partial charge in [0.25, 0.3) is 0 Å². The van der Waals surface area contributed by atoms with Gasteiger partial charge in [0.15, 0.2) is 0 Å². The zero-order valence-corrected chi connectivity index (χ0v) is 4.57. The van der Waals surface area contributed by atoms with E-state index in [1.54, 1.807) is 0 Å². The lowest BCUT2D eigenvalue weighted by atomic mass is 13.1. The Morgan fingerprint density at radius 3 is 2.11 bits per heavy atom. The van der Waals surface area contributed by atoms with Crippen molar-refractivity contribution in [1.82, 2.24) is 0 Å². The van der Waals surface area contributed by atoms with Gasteiger partial charge in [-0.15, -0.1) is 15.1 Å². The third kappa shape index (κ3) is 7.07. The van der Waals surface area contributed by atoms with Crippen LogP contribution >= 0.6 is 0 Å². The van der Waals surface area contributed by atoms with Crippen LogP contribution in [-0.4, -0.2) is 18.1 Å². The Hall–Kier alpha value is -0.930. The molecule has 0 fully saturated rings. The number of nitrogens with zero attached hydrogens (tertiary/aromatic N) is 1. The number of hydrogen-bond acceptors (Lipinski definition) is 6. The van der Waals surface area contributed by atoms with E-state index in [2.05, 4.69) is 9.32 Å². The van der Waals surface area contributed by atoms with Crippen LogP contribution < -0.4 is 0 Å². The highest BCUT2D eigenvalue weighted by molar-refractivity contribution is 7.80. The first-order chi connectivity index (χ1) is 3.92. The minimum absolute atomic E-state index is 1.53. The maximum Gasteiger partial charge on any atom is 0.424 e. The van der Waals surface area contributed by atoms with Gasteiger partial charge in [-0.1, -0.05) is 0 Å². The molecule has 0 saturated carbocycles. The minimum Gasteiger partial charge on any atom is -0.262 e. The molecule has 0 aromatic heterocycles. The Bertz CT molecular complexity index is 187. The second-order valence-corrected chi connectivity index (χ2v) is 1.79. The molecule has 0 unspecified atom stereocenters. The third-order valence-corrected chi connectivity index (χ3v) is 0.410. The highest BCUT2D eigenvalue weighted by Gasteiger charge is 2.07. The van der Waals surface area contributed by atoms with Gasteiger partial charge in [-0.3, -0.25) is 4.55 Å². The first kappa shape index (κ1) is 8.07. The van der Waals surface area contributed by atoms with Gasteiger partial charge in [0.1, 0.15) is 0 Å². The van der Waals surface area contributed by atoms with Crippen LogP contribution in [0.2, 0.25) is 0 Å². The summed E-state index contributed by atoms with van der Waals surface area (Å²) in [7, 11) is -4.88. The predicted octanol–water partition coefficient (Wildman–Crippen LogP) is -1.07. The van der Waals surface area contributed by atoms with Crippen LogP contribution in [0.4, 0.5) is 0 Å². The highest BCUT2D eigenvalue weighted by atomic mass is 32.3. The normalized spacial score (nSPS) is 10.8. The van der Waals surface area contributed by atoms with Gasteiger partial charge in [0, 0.05) is 0 Å². The van der Waals surface area contributed by atoms with Crippen molar-refractivity contribution in [3.8, 4) is 0 Å². The van der Waals surface area contributed by atoms with Gasteiger partial charge in [0.05, 0.1) is 0 Å². The summed E-state index contributed by atoms with van der Waals surface area (Å²) in [4.78, 5) is 11.9. The van der Waals surface area contributed by atoms with Crippen LogP contribution in [-0.2, 0) is 19.7 Å². The van der Waals surface area contributed by atoms with Crippen LogP contribution in [0.15, 0.2) is 0 Å². The van der Waals surface area contributed by atoms with Crippen molar-refractivity contribution in [3.05, 3.63) is 10.1 Å². The van der Waals surface area contributed by atoms with E-state index in [9.17, 15) is 8.42 Å². The molecule has 0 aromatic carbocycles. The Labute approximate surface area is 49.0 Å². The van der Waals surface area contributed by atoms with E-state index in [1.807, 2.05) is 0 Å². The summed E-state index contributed by atoms with van der Waals surface area (Å²) in [6.45, 7) is 0. The van der Waals surface area contributed by atoms with Gasteiger partial charge in [0.2, 0.25) is 0 Å². The molecule has 0 aromatic rings. The monoisotopic (exact) mass is 159 g/mol. The van der Waals surface area contributed by atoms with Crippen molar-refractivity contribution >= 4 is 10.4 Å². The molecule has 0 spiro atoms. The van der Waals surface area contributed by atoms with Crippen LogP contribution in [0, 0.1) is 10.1 Å². The lowest BCUT2D eigenvalue weighted by Gasteiger charge is -1.89. The summed E-state index contributed by atoms with van der Waals surface area (Å²) >= 11 is 0. The van der Waals surface area contributed by atoms with E-state index in [1.165, 1.54) is 0 Å². The molecule has 9 heavy (non-hydrogen) atoms. The molecule has 0 aliphatic carbocycles. The molecule has 8 nitrogen and oxygen atoms in total. The first-order valence-electron chi connectivity index (χ1n) is 1.40.